The van der Waals surface area contributed by atoms with Gasteiger partial charge >= 0.3 is 12.2 Å². The zero-order chi connectivity index (χ0) is 14.5. The molecule has 1 saturated heterocycles. The minimum absolute atomic E-state index is 0.200. The van der Waals surface area contributed by atoms with Gasteiger partial charge in [-0.05, 0) is 20.8 Å². The van der Waals surface area contributed by atoms with Crippen LogP contribution in [0.15, 0.2) is 12.7 Å². The molecule has 6 heteroatoms. The quantitative estimate of drug-likeness (QED) is 0.719. The van der Waals surface area contributed by atoms with E-state index in [0.717, 1.165) is 0 Å². The van der Waals surface area contributed by atoms with Gasteiger partial charge < -0.3 is 19.3 Å². The van der Waals surface area contributed by atoms with Gasteiger partial charge in [-0.15, -0.1) is 0 Å². The summed E-state index contributed by atoms with van der Waals surface area (Å²) in [4.78, 5) is 26.6. The highest BCUT2D eigenvalue weighted by atomic mass is 16.6. The summed E-state index contributed by atoms with van der Waals surface area (Å²) in [5.74, 6) is 0. The molecule has 0 unspecified atom stereocenters. The molecule has 1 fully saturated rings. The highest BCUT2D eigenvalue weighted by molar-refractivity contribution is 5.70. The Labute approximate surface area is 113 Å². The molecule has 1 aliphatic heterocycles. The number of piperazine rings is 1. The largest absolute Gasteiger partial charge is 0.445 e. The van der Waals surface area contributed by atoms with Gasteiger partial charge in [0.1, 0.15) is 12.2 Å². The van der Waals surface area contributed by atoms with Gasteiger partial charge in [-0.2, -0.15) is 0 Å². The van der Waals surface area contributed by atoms with Crippen LogP contribution in [0.4, 0.5) is 9.59 Å². The highest BCUT2D eigenvalue weighted by Gasteiger charge is 2.27. The van der Waals surface area contributed by atoms with Crippen LogP contribution in [0.2, 0.25) is 0 Å². The Morgan fingerprint density at radius 2 is 1.58 bits per heavy atom. The molecule has 0 aromatic heterocycles. The van der Waals surface area contributed by atoms with Crippen molar-refractivity contribution >= 4 is 12.2 Å². The predicted molar refractivity (Wildman–Crippen MR) is 70.9 cm³/mol. The van der Waals surface area contributed by atoms with Crippen LogP contribution in [-0.2, 0) is 9.47 Å². The van der Waals surface area contributed by atoms with Crippen LogP contribution in [0.3, 0.4) is 0 Å². The Balaban J connectivity index is 2.38. The van der Waals surface area contributed by atoms with E-state index in [1.165, 1.54) is 6.08 Å². The van der Waals surface area contributed by atoms with Crippen molar-refractivity contribution in [2.75, 3.05) is 32.8 Å². The van der Waals surface area contributed by atoms with Gasteiger partial charge in [0.2, 0.25) is 0 Å². The van der Waals surface area contributed by atoms with E-state index in [9.17, 15) is 9.59 Å². The number of rotatable bonds is 2. The third-order valence-corrected chi connectivity index (χ3v) is 2.51. The van der Waals surface area contributed by atoms with Crippen LogP contribution in [-0.4, -0.2) is 60.4 Å². The molecule has 0 spiro atoms. The molecule has 19 heavy (non-hydrogen) atoms. The molecule has 1 heterocycles. The molecule has 6 nitrogen and oxygen atoms in total. The maximum absolute atomic E-state index is 11.8. The lowest BCUT2D eigenvalue weighted by Crippen LogP contribution is -2.51. The second-order valence-corrected chi connectivity index (χ2v) is 5.32. The molecule has 1 aliphatic rings. The Hall–Kier alpha value is -1.72. The normalized spacial score (nSPS) is 15.9. The van der Waals surface area contributed by atoms with Crippen molar-refractivity contribution in [2.45, 2.75) is 26.4 Å². The van der Waals surface area contributed by atoms with Gasteiger partial charge in [-0.1, -0.05) is 12.7 Å². The van der Waals surface area contributed by atoms with E-state index in [4.69, 9.17) is 9.47 Å². The van der Waals surface area contributed by atoms with Crippen molar-refractivity contribution in [1.29, 1.82) is 0 Å². The fraction of sp³-hybridized carbons (Fsp3) is 0.692. The fourth-order valence-electron chi connectivity index (χ4n) is 1.62. The van der Waals surface area contributed by atoms with E-state index >= 15 is 0 Å². The van der Waals surface area contributed by atoms with Crippen LogP contribution >= 0.6 is 0 Å². The smallest absolute Gasteiger partial charge is 0.410 e. The lowest BCUT2D eigenvalue weighted by Gasteiger charge is -2.34. The first-order valence-electron chi connectivity index (χ1n) is 6.34. The van der Waals surface area contributed by atoms with Gasteiger partial charge in [0.15, 0.2) is 0 Å². The molecule has 0 radical (unpaired) electrons. The topological polar surface area (TPSA) is 59.1 Å². The van der Waals surface area contributed by atoms with Crippen LogP contribution in [0.1, 0.15) is 20.8 Å². The summed E-state index contributed by atoms with van der Waals surface area (Å²) < 4.78 is 10.2. The van der Waals surface area contributed by atoms with Gasteiger partial charge in [-0.3, -0.25) is 0 Å². The number of carbonyl (C=O) groups excluding carboxylic acids is 2. The van der Waals surface area contributed by atoms with Crippen molar-refractivity contribution in [3.8, 4) is 0 Å². The maximum atomic E-state index is 11.8. The van der Waals surface area contributed by atoms with Crippen molar-refractivity contribution in [2.24, 2.45) is 0 Å². The summed E-state index contributed by atoms with van der Waals surface area (Å²) in [5.41, 5.74) is -0.503. The lowest BCUT2D eigenvalue weighted by molar-refractivity contribution is 0.0135. The third kappa shape index (κ3) is 5.19. The average Bonchev–Trinajstić information content (AvgIpc) is 2.34. The summed E-state index contributed by atoms with van der Waals surface area (Å²) in [7, 11) is 0. The molecular formula is C13H22N2O4. The van der Waals surface area contributed by atoms with Gasteiger partial charge in [-0.25, -0.2) is 9.59 Å². The average molecular weight is 270 g/mol. The minimum atomic E-state index is -0.503. The predicted octanol–water partition coefficient (Wildman–Crippen LogP) is 1.86. The molecule has 0 aromatic carbocycles. The number of nitrogens with zero attached hydrogens (tertiary/aromatic N) is 2. The van der Waals surface area contributed by atoms with Gasteiger partial charge in [0, 0.05) is 26.2 Å². The number of hydrogen-bond acceptors (Lipinski definition) is 4. The molecule has 2 amide bonds. The SMILES string of the molecule is C=CCOC(=O)N1CCN(C(=O)OC(C)(C)C)CC1. The van der Waals surface area contributed by atoms with Crippen molar-refractivity contribution in [3.05, 3.63) is 12.7 Å². The summed E-state index contributed by atoms with van der Waals surface area (Å²) >= 11 is 0. The Morgan fingerprint density at radius 1 is 1.11 bits per heavy atom. The number of hydrogen-bond donors (Lipinski definition) is 0. The van der Waals surface area contributed by atoms with E-state index in [0.29, 0.717) is 26.2 Å². The van der Waals surface area contributed by atoms with E-state index in [1.807, 2.05) is 20.8 Å². The van der Waals surface area contributed by atoms with Crippen LogP contribution < -0.4 is 0 Å². The molecule has 0 saturated carbocycles. The van der Waals surface area contributed by atoms with Gasteiger partial charge in [0.25, 0.3) is 0 Å². The van der Waals surface area contributed by atoms with E-state index in [1.54, 1.807) is 9.80 Å². The first-order valence-corrected chi connectivity index (χ1v) is 6.34. The molecule has 108 valence electrons. The second kappa shape index (κ2) is 6.45. The lowest BCUT2D eigenvalue weighted by atomic mass is 10.2. The number of ether oxygens (including phenoxy) is 2. The van der Waals surface area contributed by atoms with Crippen molar-refractivity contribution < 1.29 is 19.1 Å². The number of carbonyl (C=O) groups is 2. The standard InChI is InChI=1S/C13H22N2O4/c1-5-10-18-11(16)14-6-8-15(9-7-14)12(17)19-13(2,3)4/h5H,1,6-10H2,2-4H3. The molecule has 0 aliphatic carbocycles. The fourth-order valence-corrected chi connectivity index (χ4v) is 1.62. The van der Waals surface area contributed by atoms with Gasteiger partial charge in [0.05, 0.1) is 0 Å². The second-order valence-electron chi connectivity index (χ2n) is 5.32. The third-order valence-electron chi connectivity index (χ3n) is 2.51. The summed E-state index contributed by atoms with van der Waals surface area (Å²) in [6.07, 6.45) is 0.810. The van der Waals surface area contributed by atoms with E-state index < -0.39 is 5.60 Å². The van der Waals surface area contributed by atoms with Crippen molar-refractivity contribution in [1.82, 2.24) is 9.80 Å². The zero-order valence-corrected chi connectivity index (χ0v) is 11.8. The Morgan fingerprint density at radius 3 is 2.00 bits per heavy atom. The first-order chi connectivity index (χ1) is 8.83. The van der Waals surface area contributed by atoms with Crippen LogP contribution in [0, 0.1) is 0 Å². The summed E-state index contributed by atoms with van der Waals surface area (Å²) in [6, 6.07) is 0. The highest BCUT2D eigenvalue weighted by Crippen LogP contribution is 2.12. The molecule has 0 N–H and O–H groups in total. The minimum Gasteiger partial charge on any atom is -0.445 e. The van der Waals surface area contributed by atoms with Crippen LogP contribution in [0.25, 0.3) is 0 Å². The molecule has 0 atom stereocenters. The molecule has 0 bridgehead atoms. The summed E-state index contributed by atoms with van der Waals surface area (Å²) in [5, 5.41) is 0. The first kappa shape index (κ1) is 15.3. The molecule has 0 aromatic rings. The molecule has 1 rings (SSSR count). The number of amides is 2. The maximum Gasteiger partial charge on any atom is 0.410 e. The van der Waals surface area contributed by atoms with E-state index in [-0.39, 0.29) is 18.8 Å². The summed E-state index contributed by atoms with van der Waals surface area (Å²) in [6.45, 7) is 11.0. The van der Waals surface area contributed by atoms with Crippen LogP contribution in [0.5, 0.6) is 0 Å². The molecular weight excluding hydrogens is 248 g/mol. The monoisotopic (exact) mass is 270 g/mol. The Kier molecular flexibility index (Phi) is 5.20. The zero-order valence-electron chi connectivity index (χ0n) is 11.8. The van der Waals surface area contributed by atoms with E-state index in [2.05, 4.69) is 6.58 Å². The van der Waals surface area contributed by atoms with Crippen molar-refractivity contribution in [3.63, 3.8) is 0 Å². The Bertz CT molecular complexity index is 341.